The van der Waals surface area contributed by atoms with Gasteiger partial charge in [-0.2, -0.15) is 0 Å². The molecule has 3 nitrogen and oxygen atoms in total. The van der Waals surface area contributed by atoms with Gasteiger partial charge in [-0.1, -0.05) is 36.4 Å². The van der Waals surface area contributed by atoms with Crippen LogP contribution in [-0.2, 0) is 4.79 Å². The van der Waals surface area contributed by atoms with E-state index in [0.717, 1.165) is 0 Å². The van der Waals surface area contributed by atoms with Crippen molar-refractivity contribution in [1.29, 1.82) is 0 Å². The highest BCUT2D eigenvalue weighted by Gasteiger charge is 1.77. The number of amides is 1. The van der Waals surface area contributed by atoms with Crippen molar-refractivity contribution >= 4 is 18.3 Å². The molecule has 1 aromatic rings. The Hall–Kier alpha value is -1.06. The molecule has 0 unspecified atom stereocenters. The molecule has 0 saturated carbocycles. The number of carbonyl (C=O) groups excluding carboxylic acids is 1. The summed E-state index contributed by atoms with van der Waals surface area (Å²) in [4.78, 5) is 9.47. The van der Waals surface area contributed by atoms with Crippen molar-refractivity contribution in [2.45, 2.75) is 0 Å². The first-order valence-electron chi connectivity index (χ1n) is 3.25. The molecule has 1 amide bonds. The first kappa shape index (κ1) is 13.5. The van der Waals surface area contributed by atoms with Crippen molar-refractivity contribution in [3.63, 3.8) is 0 Å². The molecule has 0 aliphatic carbocycles. The number of primary amides is 1. The highest BCUT2D eigenvalue weighted by atomic mass is 35.5. The maximum Gasteiger partial charge on any atom is 0.231 e. The van der Waals surface area contributed by atoms with Crippen LogP contribution in [0.1, 0.15) is 0 Å². The molecule has 68 valence electrons. The molecule has 0 fully saturated rings. The van der Waals surface area contributed by atoms with Gasteiger partial charge in [0.05, 0.1) is 6.54 Å². The number of benzene rings is 1. The molecule has 0 saturated heterocycles. The third-order valence-electron chi connectivity index (χ3n) is 0.868. The standard InChI is InChI=1S/C6H6.C2H6N2O.ClH/c1-2-4-6-5-3-1;3-1-2(4)5;/h1-6H;1,3H2,(H2,4,5);1H. The van der Waals surface area contributed by atoms with E-state index in [2.05, 4.69) is 5.73 Å². The molecule has 1 rings (SSSR count). The zero-order valence-electron chi connectivity index (χ0n) is 6.64. The van der Waals surface area contributed by atoms with Gasteiger partial charge in [0.15, 0.2) is 0 Å². The SMILES string of the molecule is Cl.NCC(N)=O.c1ccccc1. The first-order valence-corrected chi connectivity index (χ1v) is 3.25. The van der Waals surface area contributed by atoms with Gasteiger partial charge in [0.1, 0.15) is 0 Å². The number of carbonyl (C=O) groups is 1. The van der Waals surface area contributed by atoms with E-state index in [-0.39, 0.29) is 19.0 Å². The zero-order chi connectivity index (χ0) is 8.53. The van der Waals surface area contributed by atoms with Gasteiger partial charge in [-0.05, 0) is 0 Å². The maximum absolute atomic E-state index is 9.47. The molecule has 4 N–H and O–H groups in total. The second-order valence-electron chi connectivity index (χ2n) is 1.83. The van der Waals surface area contributed by atoms with E-state index < -0.39 is 5.91 Å². The topological polar surface area (TPSA) is 69.1 Å². The van der Waals surface area contributed by atoms with Gasteiger partial charge >= 0.3 is 0 Å². The van der Waals surface area contributed by atoms with Gasteiger partial charge in [0, 0.05) is 0 Å². The van der Waals surface area contributed by atoms with Crippen molar-refractivity contribution in [3.05, 3.63) is 36.4 Å². The Labute approximate surface area is 78.2 Å². The van der Waals surface area contributed by atoms with Crippen LogP contribution in [0.15, 0.2) is 36.4 Å². The summed E-state index contributed by atoms with van der Waals surface area (Å²) in [5.41, 5.74) is 9.22. The van der Waals surface area contributed by atoms with Crippen LogP contribution in [-0.4, -0.2) is 12.5 Å². The molecule has 0 heterocycles. The third kappa shape index (κ3) is 11.7. The van der Waals surface area contributed by atoms with E-state index in [4.69, 9.17) is 5.73 Å². The number of nitrogens with two attached hydrogens (primary N) is 2. The number of rotatable bonds is 1. The molecule has 12 heavy (non-hydrogen) atoms. The molecule has 0 aromatic heterocycles. The van der Waals surface area contributed by atoms with Crippen molar-refractivity contribution < 1.29 is 4.79 Å². The Balaban J connectivity index is 0. The van der Waals surface area contributed by atoms with E-state index in [0.29, 0.717) is 0 Å². The molecule has 0 aliphatic rings. The summed E-state index contributed by atoms with van der Waals surface area (Å²) in [5, 5.41) is 0. The Morgan fingerprint density at radius 3 is 1.25 bits per heavy atom. The average Bonchev–Trinajstić information content (AvgIpc) is 2.09. The minimum Gasteiger partial charge on any atom is -0.369 e. The van der Waals surface area contributed by atoms with Gasteiger partial charge in [0.2, 0.25) is 5.91 Å². The molecular formula is C8H13ClN2O. The Morgan fingerprint density at radius 2 is 1.17 bits per heavy atom. The Bertz CT molecular complexity index is 165. The maximum atomic E-state index is 9.47. The van der Waals surface area contributed by atoms with Crippen molar-refractivity contribution in [2.75, 3.05) is 6.54 Å². The molecule has 0 spiro atoms. The van der Waals surface area contributed by atoms with Gasteiger partial charge < -0.3 is 11.5 Å². The van der Waals surface area contributed by atoms with E-state index >= 15 is 0 Å². The monoisotopic (exact) mass is 188 g/mol. The summed E-state index contributed by atoms with van der Waals surface area (Å²) in [5.74, 6) is -0.468. The van der Waals surface area contributed by atoms with Crippen LogP contribution in [0, 0.1) is 0 Å². The fourth-order valence-electron chi connectivity index (χ4n) is 0.385. The van der Waals surface area contributed by atoms with E-state index in [9.17, 15) is 4.79 Å². The zero-order valence-corrected chi connectivity index (χ0v) is 7.46. The number of hydrogen-bond donors (Lipinski definition) is 2. The molecule has 4 heteroatoms. The minimum atomic E-state index is -0.468. The molecule has 1 aromatic carbocycles. The largest absolute Gasteiger partial charge is 0.369 e. The van der Waals surface area contributed by atoms with Gasteiger partial charge in [-0.25, -0.2) is 0 Å². The molecule has 0 aliphatic heterocycles. The number of halogens is 1. The van der Waals surface area contributed by atoms with Gasteiger partial charge in [-0.3, -0.25) is 4.79 Å². The lowest BCUT2D eigenvalue weighted by atomic mass is 10.4. The van der Waals surface area contributed by atoms with Crippen LogP contribution < -0.4 is 11.5 Å². The normalized spacial score (nSPS) is 7.08. The molecule has 0 bridgehead atoms. The highest BCUT2D eigenvalue weighted by molar-refractivity contribution is 5.85. The van der Waals surface area contributed by atoms with E-state index in [1.807, 2.05) is 36.4 Å². The molecule has 0 atom stereocenters. The smallest absolute Gasteiger partial charge is 0.231 e. The fraction of sp³-hybridized carbons (Fsp3) is 0.125. The predicted molar refractivity (Wildman–Crippen MR) is 51.9 cm³/mol. The second kappa shape index (κ2) is 9.94. The molecule has 0 radical (unpaired) electrons. The van der Waals surface area contributed by atoms with Crippen LogP contribution >= 0.6 is 12.4 Å². The summed E-state index contributed by atoms with van der Waals surface area (Å²) in [6.07, 6.45) is 0. The minimum absolute atomic E-state index is 0. The Kier molecular flexibility index (Phi) is 11.2. The van der Waals surface area contributed by atoms with Crippen LogP contribution in [0.4, 0.5) is 0 Å². The first-order chi connectivity index (χ1) is 5.27. The van der Waals surface area contributed by atoms with Crippen LogP contribution in [0.25, 0.3) is 0 Å². The second-order valence-corrected chi connectivity index (χ2v) is 1.83. The third-order valence-corrected chi connectivity index (χ3v) is 0.868. The summed E-state index contributed by atoms with van der Waals surface area (Å²) >= 11 is 0. The average molecular weight is 189 g/mol. The summed E-state index contributed by atoms with van der Waals surface area (Å²) < 4.78 is 0. The number of hydrogen-bond acceptors (Lipinski definition) is 2. The van der Waals surface area contributed by atoms with Gasteiger partial charge in [0.25, 0.3) is 0 Å². The van der Waals surface area contributed by atoms with Crippen molar-refractivity contribution in [2.24, 2.45) is 11.5 Å². The molecular weight excluding hydrogens is 176 g/mol. The highest BCUT2D eigenvalue weighted by Crippen LogP contribution is 1.79. The van der Waals surface area contributed by atoms with Crippen LogP contribution in [0.3, 0.4) is 0 Å². The Morgan fingerprint density at radius 1 is 1.00 bits per heavy atom. The quantitative estimate of drug-likeness (QED) is 0.676. The van der Waals surface area contributed by atoms with Crippen LogP contribution in [0.2, 0.25) is 0 Å². The van der Waals surface area contributed by atoms with Gasteiger partial charge in [-0.15, -0.1) is 12.4 Å². The van der Waals surface area contributed by atoms with E-state index in [1.54, 1.807) is 0 Å². The predicted octanol–water partition coefficient (Wildman–Crippen LogP) is 0.539. The summed E-state index contributed by atoms with van der Waals surface area (Å²) in [6, 6.07) is 12.0. The summed E-state index contributed by atoms with van der Waals surface area (Å²) in [6.45, 7) is -0.0556. The lowest BCUT2D eigenvalue weighted by molar-refractivity contribution is -0.116. The fourth-order valence-corrected chi connectivity index (χ4v) is 0.385. The lowest BCUT2D eigenvalue weighted by Crippen LogP contribution is -2.21. The summed E-state index contributed by atoms with van der Waals surface area (Å²) in [7, 11) is 0. The van der Waals surface area contributed by atoms with Crippen molar-refractivity contribution in [3.8, 4) is 0 Å². The van der Waals surface area contributed by atoms with Crippen molar-refractivity contribution in [1.82, 2.24) is 0 Å². The lowest BCUT2D eigenvalue weighted by Gasteiger charge is -1.74. The van der Waals surface area contributed by atoms with Crippen LogP contribution in [0.5, 0.6) is 0 Å². The van der Waals surface area contributed by atoms with E-state index in [1.165, 1.54) is 0 Å².